The number of nitrogens with zero attached hydrogens (tertiary/aromatic N) is 1. The Balaban J connectivity index is 2.33. The fourth-order valence-electron chi connectivity index (χ4n) is 4.36. The molecule has 0 aromatic rings. The molecule has 1 rings (SSSR count). The van der Waals surface area contributed by atoms with Gasteiger partial charge >= 0.3 is 0 Å². The molecule has 0 aliphatic carbocycles. The first-order chi connectivity index (χ1) is 14.1. The molecule has 1 atom stereocenters. The Morgan fingerprint density at radius 1 is 0.759 bits per heavy atom. The molecule has 0 radical (unpaired) electrons. The molecule has 168 valence electrons. The van der Waals surface area contributed by atoms with E-state index in [4.69, 9.17) is 0 Å². The van der Waals surface area contributed by atoms with Crippen LogP contribution >= 0.6 is 0 Å². The molecule has 0 aromatic carbocycles. The molecule has 29 heavy (non-hydrogen) atoms. The molecule has 1 aliphatic heterocycles. The number of amides is 2. The van der Waals surface area contributed by atoms with Gasteiger partial charge in [0, 0.05) is 12.8 Å². The van der Waals surface area contributed by atoms with Crippen LogP contribution < -0.4 is 0 Å². The molecule has 1 aliphatic rings. The van der Waals surface area contributed by atoms with Gasteiger partial charge in [-0.15, -0.1) is 0 Å². The van der Waals surface area contributed by atoms with Crippen LogP contribution in [0.15, 0.2) is 11.6 Å². The van der Waals surface area contributed by atoms with Gasteiger partial charge in [0.05, 0.1) is 6.04 Å². The standard InChI is InChI=1S/C26H47NO2/c1-4-6-8-10-11-12-13-14-15-16-18-20-24(23(3)19-17-9-7-5-2)27-25(28)21-22-26(27)29/h19,24H,4-18,20-22H2,1-3H3. The average Bonchev–Trinajstić information content (AvgIpc) is 3.04. The zero-order valence-electron chi connectivity index (χ0n) is 19.6. The van der Waals surface area contributed by atoms with Gasteiger partial charge in [-0.2, -0.15) is 0 Å². The van der Waals surface area contributed by atoms with Crippen LogP contribution in [0.3, 0.4) is 0 Å². The molecule has 2 amide bonds. The molecular weight excluding hydrogens is 358 g/mol. The molecule has 0 bridgehead atoms. The third-order valence-corrected chi connectivity index (χ3v) is 6.28. The second kappa shape index (κ2) is 16.7. The third kappa shape index (κ3) is 11.0. The van der Waals surface area contributed by atoms with Crippen LogP contribution in [-0.4, -0.2) is 22.8 Å². The third-order valence-electron chi connectivity index (χ3n) is 6.28. The highest BCUT2D eigenvalue weighted by atomic mass is 16.2. The summed E-state index contributed by atoms with van der Waals surface area (Å²) in [5, 5.41) is 0. The van der Waals surface area contributed by atoms with E-state index >= 15 is 0 Å². The lowest BCUT2D eigenvalue weighted by molar-refractivity contribution is -0.140. The van der Waals surface area contributed by atoms with E-state index in [0.717, 1.165) is 19.3 Å². The van der Waals surface area contributed by atoms with Crippen molar-refractivity contribution >= 4 is 11.8 Å². The minimum atomic E-state index is -0.00214. The fourth-order valence-corrected chi connectivity index (χ4v) is 4.36. The van der Waals surface area contributed by atoms with Gasteiger partial charge in [-0.1, -0.05) is 109 Å². The molecule has 1 saturated heterocycles. The van der Waals surface area contributed by atoms with Crippen LogP contribution in [0.25, 0.3) is 0 Å². The minimum absolute atomic E-state index is 0.00214. The van der Waals surface area contributed by atoms with E-state index in [9.17, 15) is 9.59 Å². The molecule has 1 fully saturated rings. The molecule has 0 spiro atoms. The number of likely N-dealkylation sites (tertiary alicyclic amines) is 1. The number of carbonyl (C=O) groups is 2. The molecule has 1 unspecified atom stereocenters. The largest absolute Gasteiger partial charge is 0.275 e. The number of carbonyl (C=O) groups excluding carboxylic acids is 2. The van der Waals surface area contributed by atoms with Crippen molar-refractivity contribution in [2.45, 2.75) is 142 Å². The van der Waals surface area contributed by atoms with Crippen LogP contribution in [0.4, 0.5) is 0 Å². The van der Waals surface area contributed by atoms with E-state index in [-0.39, 0.29) is 17.9 Å². The Hall–Kier alpha value is -1.12. The van der Waals surface area contributed by atoms with Crippen LogP contribution in [0.1, 0.15) is 136 Å². The van der Waals surface area contributed by atoms with Gasteiger partial charge in [0.1, 0.15) is 0 Å². The van der Waals surface area contributed by atoms with Gasteiger partial charge in [-0.05, 0) is 26.2 Å². The number of unbranched alkanes of at least 4 members (excludes halogenated alkanes) is 13. The van der Waals surface area contributed by atoms with Gasteiger partial charge in [0.2, 0.25) is 11.8 Å². The average molecular weight is 406 g/mol. The zero-order chi connectivity index (χ0) is 21.3. The van der Waals surface area contributed by atoms with E-state index < -0.39 is 0 Å². The molecular formula is C26H47NO2. The number of hydrogen-bond donors (Lipinski definition) is 0. The number of allylic oxidation sites excluding steroid dienone is 1. The summed E-state index contributed by atoms with van der Waals surface area (Å²) in [4.78, 5) is 26.2. The lowest BCUT2D eigenvalue weighted by Gasteiger charge is -2.27. The molecule has 1 heterocycles. The second-order valence-corrected chi connectivity index (χ2v) is 8.94. The monoisotopic (exact) mass is 405 g/mol. The summed E-state index contributed by atoms with van der Waals surface area (Å²) in [6, 6.07) is -0.00214. The van der Waals surface area contributed by atoms with Crippen molar-refractivity contribution in [1.82, 2.24) is 4.90 Å². The van der Waals surface area contributed by atoms with Crippen molar-refractivity contribution in [2.75, 3.05) is 0 Å². The molecule has 3 heteroatoms. The van der Waals surface area contributed by atoms with Gasteiger partial charge < -0.3 is 0 Å². The number of hydrogen-bond acceptors (Lipinski definition) is 2. The van der Waals surface area contributed by atoms with E-state index in [1.165, 1.54) is 89.0 Å². The summed E-state index contributed by atoms with van der Waals surface area (Å²) in [7, 11) is 0. The van der Waals surface area contributed by atoms with Crippen molar-refractivity contribution in [3.05, 3.63) is 11.6 Å². The minimum Gasteiger partial charge on any atom is -0.275 e. The van der Waals surface area contributed by atoms with Crippen molar-refractivity contribution in [2.24, 2.45) is 0 Å². The first kappa shape index (κ1) is 25.9. The summed E-state index contributed by atoms with van der Waals surface area (Å²) >= 11 is 0. The van der Waals surface area contributed by atoms with Gasteiger partial charge in [-0.25, -0.2) is 0 Å². The molecule has 0 aromatic heterocycles. The fraction of sp³-hybridized carbons (Fsp3) is 0.846. The highest BCUT2D eigenvalue weighted by Gasteiger charge is 2.35. The van der Waals surface area contributed by atoms with Crippen molar-refractivity contribution in [3.8, 4) is 0 Å². The van der Waals surface area contributed by atoms with Crippen molar-refractivity contribution < 1.29 is 9.59 Å². The molecule has 0 N–H and O–H groups in total. The maximum Gasteiger partial charge on any atom is 0.230 e. The van der Waals surface area contributed by atoms with E-state index in [1.54, 1.807) is 4.90 Å². The number of imide groups is 1. The maximum absolute atomic E-state index is 12.3. The topological polar surface area (TPSA) is 37.4 Å². The van der Waals surface area contributed by atoms with E-state index in [1.807, 2.05) is 0 Å². The molecule has 0 saturated carbocycles. The summed E-state index contributed by atoms with van der Waals surface area (Å²) in [6.07, 6.45) is 23.3. The highest BCUT2D eigenvalue weighted by molar-refractivity contribution is 6.02. The van der Waals surface area contributed by atoms with E-state index in [2.05, 4.69) is 26.8 Å². The summed E-state index contributed by atoms with van der Waals surface area (Å²) in [5.74, 6) is 0.0637. The summed E-state index contributed by atoms with van der Waals surface area (Å²) in [5.41, 5.74) is 1.22. The first-order valence-electron chi connectivity index (χ1n) is 12.6. The Bertz CT molecular complexity index is 467. The van der Waals surface area contributed by atoms with Crippen LogP contribution in [0, 0.1) is 0 Å². The lowest BCUT2D eigenvalue weighted by Crippen LogP contribution is -2.40. The Kier molecular flexibility index (Phi) is 14.9. The van der Waals surface area contributed by atoms with Crippen LogP contribution in [0.5, 0.6) is 0 Å². The summed E-state index contributed by atoms with van der Waals surface area (Å²) < 4.78 is 0. The highest BCUT2D eigenvalue weighted by Crippen LogP contribution is 2.25. The molecule has 3 nitrogen and oxygen atoms in total. The first-order valence-corrected chi connectivity index (χ1v) is 12.6. The van der Waals surface area contributed by atoms with Gasteiger partial charge in [-0.3, -0.25) is 14.5 Å². The summed E-state index contributed by atoms with van der Waals surface area (Å²) in [6.45, 7) is 6.60. The Morgan fingerprint density at radius 3 is 1.72 bits per heavy atom. The SMILES string of the molecule is CCCCCC=C(C)C(CCCCCCCCCCCCC)N1C(=O)CCC1=O. The maximum atomic E-state index is 12.3. The smallest absolute Gasteiger partial charge is 0.230 e. The van der Waals surface area contributed by atoms with E-state index in [0.29, 0.717) is 12.8 Å². The Morgan fingerprint density at radius 2 is 1.21 bits per heavy atom. The van der Waals surface area contributed by atoms with Crippen LogP contribution in [0.2, 0.25) is 0 Å². The van der Waals surface area contributed by atoms with Crippen molar-refractivity contribution in [1.29, 1.82) is 0 Å². The zero-order valence-corrected chi connectivity index (χ0v) is 19.6. The predicted molar refractivity (Wildman–Crippen MR) is 124 cm³/mol. The van der Waals surface area contributed by atoms with Gasteiger partial charge in [0.25, 0.3) is 0 Å². The lowest BCUT2D eigenvalue weighted by atomic mass is 9.97. The number of rotatable bonds is 18. The second-order valence-electron chi connectivity index (χ2n) is 8.94. The van der Waals surface area contributed by atoms with Crippen molar-refractivity contribution in [3.63, 3.8) is 0 Å². The quantitative estimate of drug-likeness (QED) is 0.133. The van der Waals surface area contributed by atoms with Gasteiger partial charge in [0.15, 0.2) is 0 Å². The predicted octanol–water partition coefficient (Wildman–Crippen LogP) is 7.73. The van der Waals surface area contributed by atoms with Crippen LogP contribution in [-0.2, 0) is 9.59 Å². The normalized spacial score (nSPS) is 16.1. The Labute approximate surface area is 180 Å².